The van der Waals surface area contributed by atoms with Crippen LogP contribution in [0.4, 0.5) is 4.79 Å². The highest BCUT2D eigenvalue weighted by atomic mass is 16.2. The van der Waals surface area contributed by atoms with Gasteiger partial charge in [-0.05, 0) is 38.8 Å². The molecule has 2 aliphatic rings. The number of hydrogen-bond donors (Lipinski definition) is 3. The molecule has 0 unspecified atom stereocenters. The Balaban J connectivity index is 1.77. The molecule has 1 aromatic rings. The zero-order chi connectivity index (χ0) is 21.8. The van der Waals surface area contributed by atoms with Gasteiger partial charge >= 0.3 is 6.03 Å². The first-order valence-corrected chi connectivity index (χ1v) is 10.3. The van der Waals surface area contributed by atoms with E-state index in [0.717, 1.165) is 6.42 Å². The molecule has 0 radical (unpaired) electrons. The van der Waals surface area contributed by atoms with Gasteiger partial charge in [-0.15, -0.1) is 0 Å². The predicted molar refractivity (Wildman–Crippen MR) is 110 cm³/mol. The summed E-state index contributed by atoms with van der Waals surface area (Å²) in [4.78, 5) is 53.8. The summed E-state index contributed by atoms with van der Waals surface area (Å²) in [6, 6.07) is 1.56. The van der Waals surface area contributed by atoms with Crippen molar-refractivity contribution in [1.29, 1.82) is 0 Å². The number of aryl methyl sites for hydroxylation is 1. The first-order chi connectivity index (χ1) is 14.3. The summed E-state index contributed by atoms with van der Waals surface area (Å²) in [5.74, 6) is -0.847. The molecule has 0 saturated carbocycles. The molecule has 0 bridgehead atoms. The van der Waals surface area contributed by atoms with Crippen LogP contribution in [0.5, 0.6) is 0 Å². The van der Waals surface area contributed by atoms with Gasteiger partial charge in [-0.25, -0.2) is 4.79 Å². The standard InChI is InChI=1S/C20H30N6O4/c1-13(2)22-20(30)26-11-10-25(19(29)15-7-5-9-24(15)3)12-16(26)18(28)23-14-6-4-8-21-17(14)27/h5,7,9,13-14,16H,4,6,8,10-12H2,1-3H3,(H,21,27)(H,22,30)(H,23,28)/t14-,16-/m0/s1. The van der Waals surface area contributed by atoms with E-state index in [-0.39, 0.29) is 37.0 Å². The Kier molecular flexibility index (Phi) is 6.63. The molecule has 2 aliphatic heterocycles. The lowest BCUT2D eigenvalue weighted by Crippen LogP contribution is -2.65. The van der Waals surface area contributed by atoms with Crippen molar-refractivity contribution in [3.8, 4) is 0 Å². The summed E-state index contributed by atoms with van der Waals surface area (Å²) in [7, 11) is 1.78. The highest BCUT2D eigenvalue weighted by Gasteiger charge is 2.39. The van der Waals surface area contributed by atoms with Crippen LogP contribution in [0.1, 0.15) is 37.2 Å². The second-order valence-corrected chi connectivity index (χ2v) is 8.06. The van der Waals surface area contributed by atoms with E-state index in [2.05, 4.69) is 16.0 Å². The van der Waals surface area contributed by atoms with Crippen LogP contribution >= 0.6 is 0 Å². The normalized spacial score (nSPS) is 21.9. The molecule has 0 aromatic carbocycles. The van der Waals surface area contributed by atoms with Crippen LogP contribution in [0.3, 0.4) is 0 Å². The zero-order valence-electron chi connectivity index (χ0n) is 17.7. The van der Waals surface area contributed by atoms with Gasteiger partial charge < -0.3 is 30.3 Å². The zero-order valence-corrected chi connectivity index (χ0v) is 17.7. The fourth-order valence-electron chi connectivity index (χ4n) is 3.79. The summed E-state index contributed by atoms with van der Waals surface area (Å²) >= 11 is 0. The average Bonchev–Trinajstić information content (AvgIpc) is 3.14. The van der Waals surface area contributed by atoms with Gasteiger partial charge in [0.05, 0.1) is 6.54 Å². The molecule has 1 aromatic heterocycles. The average molecular weight is 418 g/mol. The molecular formula is C20H30N6O4. The highest BCUT2D eigenvalue weighted by molar-refractivity contribution is 5.95. The van der Waals surface area contributed by atoms with Crippen molar-refractivity contribution < 1.29 is 19.2 Å². The van der Waals surface area contributed by atoms with Crippen LogP contribution in [-0.2, 0) is 16.6 Å². The van der Waals surface area contributed by atoms with Gasteiger partial charge in [0.15, 0.2) is 0 Å². The Morgan fingerprint density at radius 2 is 2.00 bits per heavy atom. The maximum Gasteiger partial charge on any atom is 0.318 e. The minimum atomic E-state index is -0.878. The number of carbonyl (C=O) groups is 4. The maximum absolute atomic E-state index is 13.1. The third-order valence-corrected chi connectivity index (χ3v) is 5.41. The van der Waals surface area contributed by atoms with E-state index in [1.165, 1.54) is 4.90 Å². The molecule has 10 nitrogen and oxygen atoms in total. The number of carbonyl (C=O) groups excluding carboxylic acids is 4. The molecule has 3 N–H and O–H groups in total. The molecule has 164 valence electrons. The van der Waals surface area contributed by atoms with Gasteiger partial charge in [0.25, 0.3) is 5.91 Å². The smallest absolute Gasteiger partial charge is 0.318 e. The molecule has 30 heavy (non-hydrogen) atoms. The van der Waals surface area contributed by atoms with Crippen LogP contribution in [-0.4, -0.2) is 82.4 Å². The molecule has 3 rings (SSSR count). The number of amides is 5. The van der Waals surface area contributed by atoms with E-state index in [1.54, 1.807) is 34.8 Å². The molecule has 0 aliphatic carbocycles. The van der Waals surface area contributed by atoms with Gasteiger partial charge in [-0.3, -0.25) is 14.4 Å². The van der Waals surface area contributed by atoms with Crippen molar-refractivity contribution >= 4 is 23.8 Å². The number of piperazine rings is 1. The lowest BCUT2D eigenvalue weighted by Gasteiger charge is -2.41. The number of piperidine rings is 1. The molecule has 0 spiro atoms. The van der Waals surface area contributed by atoms with Gasteiger partial charge in [0.2, 0.25) is 11.8 Å². The van der Waals surface area contributed by atoms with Crippen molar-refractivity contribution in [1.82, 2.24) is 30.3 Å². The molecule has 5 amide bonds. The molecular weight excluding hydrogens is 388 g/mol. The largest absolute Gasteiger partial charge is 0.354 e. The Morgan fingerprint density at radius 1 is 1.23 bits per heavy atom. The second kappa shape index (κ2) is 9.19. The third-order valence-electron chi connectivity index (χ3n) is 5.41. The quantitative estimate of drug-likeness (QED) is 0.621. The Labute approximate surface area is 175 Å². The van der Waals surface area contributed by atoms with Crippen LogP contribution in [0.2, 0.25) is 0 Å². The number of aromatic nitrogens is 1. The van der Waals surface area contributed by atoms with Crippen molar-refractivity contribution in [2.75, 3.05) is 26.2 Å². The SMILES string of the molecule is CC(C)NC(=O)N1CCN(C(=O)c2cccn2C)C[C@H]1C(=O)N[C@H]1CCCNC1=O. The Morgan fingerprint density at radius 3 is 2.63 bits per heavy atom. The van der Waals surface area contributed by atoms with E-state index in [0.29, 0.717) is 25.2 Å². The summed E-state index contributed by atoms with van der Waals surface area (Å²) < 4.78 is 1.72. The molecule has 10 heteroatoms. The minimum Gasteiger partial charge on any atom is -0.354 e. The lowest BCUT2D eigenvalue weighted by atomic mass is 10.1. The fraction of sp³-hybridized carbons (Fsp3) is 0.600. The minimum absolute atomic E-state index is 0.0652. The maximum atomic E-state index is 13.1. The number of urea groups is 1. The second-order valence-electron chi connectivity index (χ2n) is 8.06. The van der Waals surface area contributed by atoms with E-state index < -0.39 is 18.0 Å². The van der Waals surface area contributed by atoms with Gasteiger partial charge in [0.1, 0.15) is 17.8 Å². The summed E-state index contributed by atoms with van der Waals surface area (Å²) in [5.41, 5.74) is 0.515. The number of hydrogen-bond acceptors (Lipinski definition) is 4. The topological polar surface area (TPSA) is 116 Å². The lowest BCUT2D eigenvalue weighted by molar-refractivity contribution is -0.133. The van der Waals surface area contributed by atoms with Gasteiger partial charge in [-0.1, -0.05) is 0 Å². The van der Waals surface area contributed by atoms with Crippen molar-refractivity contribution in [2.24, 2.45) is 7.05 Å². The number of rotatable bonds is 4. The first-order valence-electron chi connectivity index (χ1n) is 10.3. The Hall–Kier alpha value is -3.04. The molecule has 3 heterocycles. The molecule has 2 atom stereocenters. The van der Waals surface area contributed by atoms with Gasteiger partial charge in [-0.2, -0.15) is 0 Å². The predicted octanol–water partition coefficient (Wildman–Crippen LogP) is -0.336. The summed E-state index contributed by atoms with van der Waals surface area (Å²) in [6.45, 7) is 4.89. The van der Waals surface area contributed by atoms with Crippen molar-refractivity contribution in [2.45, 2.75) is 44.8 Å². The monoisotopic (exact) mass is 418 g/mol. The van der Waals surface area contributed by atoms with Crippen LogP contribution < -0.4 is 16.0 Å². The first kappa shape index (κ1) is 21.7. The molecule has 2 saturated heterocycles. The number of nitrogens with zero attached hydrogens (tertiary/aromatic N) is 3. The van der Waals surface area contributed by atoms with Crippen LogP contribution in [0.15, 0.2) is 18.3 Å². The van der Waals surface area contributed by atoms with Gasteiger partial charge in [0, 0.05) is 38.9 Å². The van der Waals surface area contributed by atoms with Crippen LogP contribution in [0, 0.1) is 0 Å². The summed E-state index contributed by atoms with van der Waals surface area (Å²) in [5, 5.41) is 8.32. The van der Waals surface area contributed by atoms with E-state index in [9.17, 15) is 19.2 Å². The van der Waals surface area contributed by atoms with E-state index in [4.69, 9.17) is 0 Å². The number of nitrogens with one attached hydrogen (secondary N) is 3. The third kappa shape index (κ3) is 4.74. The van der Waals surface area contributed by atoms with E-state index in [1.807, 2.05) is 13.8 Å². The van der Waals surface area contributed by atoms with Crippen LogP contribution in [0.25, 0.3) is 0 Å². The summed E-state index contributed by atoms with van der Waals surface area (Å²) in [6.07, 6.45) is 3.11. The fourth-order valence-corrected chi connectivity index (χ4v) is 3.79. The molecule has 2 fully saturated rings. The van der Waals surface area contributed by atoms with Crippen molar-refractivity contribution in [3.63, 3.8) is 0 Å². The van der Waals surface area contributed by atoms with E-state index >= 15 is 0 Å². The highest BCUT2D eigenvalue weighted by Crippen LogP contribution is 2.16. The van der Waals surface area contributed by atoms with Crippen molar-refractivity contribution in [3.05, 3.63) is 24.0 Å². The Bertz CT molecular complexity index is 820.